The predicted octanol–water partition coefficient (Wildman–Crippen LogP) is 2.56. The van der Waals surface area contributed by atoms with Crippen molar-refractivity contribution in [2.45, 2.75) is 0 Å². The van der Waals surface area contributed by atoms with Crippen LogP contribution < -0.4 is 5.32 Å². The van der Waals surface area contributed by atoms with Gasteiger partial charge in [-0.05, 0) is 18.2 Å². The third kappa shape index (κ3) is 2.63. The van der Waals surface area contributed by atoms with E-state index in [2.05, 4.69) is 10.5 Å². The highest BCUT2D eigenvalue weighted by atomic mass is 16.5. The first kappa shape index (κ1) is 15.4. The average Bonchev–Trinajstić information content (AvgIpc) is 3.05. The van der Waals surface area contributed by atoms with E-state index in [1.807, 2.05) is 30.3 Å². The standard InChI is InChI=1S/C18H13N3O3/c1-20-18(23)14(10-19)16(22)12-7-8-15-13(9-12)17(24-21-15)11-5-3-2-4-6-11/h2-9,14H,1H3,(H,20,23)/t14-/m0/s1. The largest absolute Gasteiger partial charge is 0.358 e. The maximum atomic E-state index is 12.5. The van der Waals surface area contributed by atoms with Crippen LogP contribution in [0, 0.1) is 17.2 Å². The maximum Gasteiger partial charge on any atom is 0.245 e. The summed E-state index contributed by atoms with van der Waals surface area (Å²) in [6, 6.07) is 15.9. The monoisotopic (exact) mass is 319 g/mol. The molecule has 0 saturated carbocycles. The van der Waals surface area contributed by atoms with Crippen molar-refractivity contribution >= 4 is 22.6 Å². The lowest BCUT2D eigenvalue weighted by Gasteiger charge is -2.06. The molecule has 0 aliphatic carbocycles. The molecule has 0 radical (unpaired) electrons. The number of carbonyl (C=O) groups is 2. The number of benzene rings is 2. The van der Waals surface area contributed by atoms with Crippen LogP contribution in [0.4, 0.5) is 0 Å². The summed E-state index contributed by atoms with van der Waals surface area (Å²) in [7, 11) is 1.39. The maximum absolute atomic E-state index is 12.5. The van der Waals surface area contributed by atoms with E-state index in [4.69, 9.17) is 9.78 Å². The summed E-state index contributed by atoms with van der Waals surface area (Å²) >= 11 is 0. The minimum Gasteiger partial charge on any atom is -0.358 e. The normalized spacial score (nSPS) is 11.7. The fourth-order valence-electron chi connectivity index (χ4n) is 2.44. The molecule has 3 aromatic rings. The number of amides is 1. The van der Waals surface area contributed by atoms with Crippen LogP contribution in [0.1, 0.15) is 10.4 Å². The van der Waals surface area contributed by atoms with Crippen molar-refractivity contribution in [3.63, 3.8) is 0 Å². The lowest BCUT2D eigenvalue weighted by molar-refractivity contribution is -0.121. The number of rotatable bonds is 4. The van der Waals surface area contributed by atoms with Crippen LogP contribution in [0.3, 0.4) is 0 Å². The van der Waals surface area contributed by atoms with E-state index in [0.717, 1.165) is 5.56 Å². The van der Waals surface area contributed by atoms with Crippen LogP contribution >= 0.6 is 0 Å². The summed E-state index contributed by atoms with van der Waals surface area (Å²) < 4.78 is 5.39. The highest BCUT2D eigenvalue weighted by molar-refractivity contribution is 6.13. The fourth-order valence-corrected chi connectivity index (χ4v) is 2.44. The van der Waals surface area contributed by atoms with Gasteiger partial charge in [0.2, 0.25) is 5.91 Å². The Labute approximate surface area is 137 Å². The molecule has 0 bridgehead atoms. The molecular formula is C18H13N3O3. The summed E-state index contributed by atoms with van der Waals surface area (Å²) in [6.07, 6.45) is 0. The van der Waals surface area contributed by atoms with E-state index in [1.54, 1.807) is 18.2 Å². The molecule has 1 N–H and O–H groups in total. The molecule has 24 heavy (non-hydrogen) atoms. The van der Waals surface area contributed by atoms with Gasteiger partial charge >= 0.3 is 0 Å². The van der Waals surface area contributed by atoms with Crippen molar-refractivity contribution in [2.75, 3.05) is 7.05 Å². The first-order valence-electron chi connectivity index (χ1n) is 7.26. The fraction of sp³-hybridized carbons (Fsp3) is 0.111. The van der Waals surface area contributed by atoms with Crippen molar-refractivity contribution in [1.29, 1.82) is 5.26 Å². The SMILES string of the molecule is CNC(=O)[C@@H](C#N)C(=O)c1ccc2noc(-c3ccccc3)c2c1. The second-order valence-corrected chi connectivity index (χ2v) is 5.15. The number of hydrogen-bond acceptors (Lipinski definition) is 5. The van der Waals surface area contributed by atoms with Gasteiger partial charge in [0.15, 0.2) is 17.5 Å². The van der Waals surface area contributed by atoms with Gasteiger partial charge in [-0.2, -0.15) is 5.26 Å². The number of Topliss-reactive ketones (excluding diaryl/α,β-unsaturated/α-hetero) is 1. The Morgan fingerprint density at radius 1 is 1.21 bits per heavy atom. The van der Waals surface area contributed by atoms with Crippen molar-refractivity contribution in [1.82, 2.24) is 10.5 Å². The highest BCUT2D eigenvalue weighted by Crippen LogP contribution is 2.29. The zero-order valence-corrected chi connectivity index (χ0v) is 12.8. The predicted molar refractivity (Wildman–Crippen MR) is 86.9 cm³/mol. The molecule has 118 valence electrons. The third-order valence-corrected chi connectivity index (χ3v) is 3.70. The molecule has 6 heteroatoms. The lowest BCUT2D eigenvalue weighted by atomic mass is 9.96. The van der Waals surface area contributed by atoms with Gasteiger partial charge in [0.25, 0.3) is 0 Å². The van der Waals surface area contributed by atoms with Crippen LogP contribution in [0.5, 0.6) is 0 Å². The molecule has 0 aliphatic heterocycles. The van der Waals surface area contributed by atoms with E-state index in [0.29, 0.717) is 16.7 Å². The van der Waals surface area contributed by atoms with Gasteiger partial charge in [0.05, 0.1) is 11.5 Å². The minimum absolute atomic E-state index is 0.262. The first-order chi connectivity index (χ1) is 11.7. The van der Waals surface area contributed by atoms with Crippen LogP contribution in [-0.4, -0.2) is 23.9 Å². The van der Waals surface area contributed by atoms with Crippen molar-refractivity contribution < 1.29 is 14.1 Å². The topological polar surface area (TPSA) is 96.0 Å². The quantitative estimate of drug-likeness (QED) is 0.589. The van der Waals surface area contributed by atoms with Gasteiger partial charge in [-0.3, -0.25) is 9.59 Å². The molecule has 1 heterocycles. The number of aromatic nitrogens is 1. The second-order valence-electron chi connectivity index (χ2n) is 5.15. The molecule has 2 aromatic carbocycles. The molecule has 1 aromatic heterocycles. The van der Waals surface area contributed by atoms with Crippen LogP contribution in [-0.2, 0) is 4.79 Å². The van der Waals surface area contributed by atoms with Gasteiger partial charge in [-0.15, -0.1) is 0 Å². The highest BCUT2D eigenvalue weighted by Gasteiger charge is 2.27. The van der Waals surface area contributed by atoms with Gasteiger partial charge in [-0.1, -0.05) is 35.5 Å². The van der Waals surface area contributed by atoms with Crippen LogP contribution in [0.2, 0.25) is 0 Å². The molecular weight excluding hydrogens is 306 g/mol. The van der Waals surface area contributed by atoms with Gasteiger partial charge in [-0.25, -0.2) is 0 Å². The number of carbonyl (C=O) groups excluding carboxylic acids is 2. The zero-order chi connectivity index (χ0) is 17.1. The molecule has 0 fully saturated rings. The summed E-state index contributed by atoms with van der Waals surface area (Å²) in [5.74, 6) is -2.03. The number of nitrogens with one attached hydrogen (secondary N) is 1. The molecule has 0 unspecified atom stereocenters. The van der Waals surface area contributed by atoms with Crippen LogP contribution in [0.15, 0.2) is 53.1 Å². The number of nitrogens with zero attached hydrogens (tertiary/aromatic N) is 2. The molecule has 6 nitrogen and oxygen atoms in total. The van der Waals surface area contributed by atoms with Gasteiger partial charge in [0.1, 0.15) is 5.52 Å². The van der Waals surface area contributed by atoms with E-state index >= 15 is 0 Å². The van der Waals surface area contributed by atoms with Crippen LogP contribution in [0.25, 0.3) is 22.2 Å². The molecule has 3 rings (SSSR count). The Morgan fingerprint density at radius 2 is 1.96 bits per heavy atom. The van der Waals surface area contributed by atoms with E-state index < -0.39 is 17.6 Å². The van der Waals surface area contributed by atoms with Gasteiger partial charge in [0, 0.05) is 18.2 Å². The first-order valence-corrected chi connectivity index (χ1v) is 7.26. The number of nitriles is 1. The van der Waals surface area contributed by atoms with Crippen molar-refractivity contribution in [3.8, 4) is 17.4 Å². The summed E-state index contributed by atoms with van der Waals surface area (Å²) in [4.78, 5) is 24.1. The molecule has 1 atom stereocenters. The lowest BCUT2D eigenvalue weighted by Crippen LogP contribution is -2.32. The van der Waals surface area contributed by atoms with E-state index in [1.165, 1.54) is 13.1 Å². The number of hydrogen-bond donors (Lipinski definition) is 1. The average molecular weight is 319 g/mol. The second kappa shape index (κ2) is 6.34. The van der Waals surface area contributed by atoms with Crippen molar-refractivity contribution in [3.05, 3.63) is 54.1 Å². The minimum atomic E-state index is -1.38. The Kier molecular flexibility index (Phi) is 4.08. The smallest absolute Gasteiger partial charge is 0.245 e. The van der Waals surface area contributed by atoms with Crippen molar-refractivity contribution in [2.24, 2.45) is 5.92 Å². The molecule has 0 saturated heterocycles. The third-order valence-electron chi connectivity index (χ3n) is 3.70. The van der Waals surface area contributed by atoms with E-state index in [9.17, 15) is 9.59 Å². The Hall–Kier alpha value is -3.46. The Morgan fingerprint density at radius 3 is 2.62 bits per heavy atom. The number of ketones is 1. The van der Waals surface area contributed by atoms with Gasteiger partial charge < -0.3 is 9.84 Å². The Balaban J connectivity index is 2.07. The summed E-state index contributed by atoms with van der Waals surface area (Å²) in [5.41, 5.74) is 1.68. The zero-order valence-electron chi connectivity index (χ0n) is 12.8. The Bertz CT molecular complexity index is 955. The van der Waals surface area contributed by atoms with E-state index in [-0.39, 0.29) is 5.56 Å². The summed E-state index contributed by atoms with van der Waals surface area (Å²) in [6.45, 7) is 0. The summed E-state index contributed by atoms with van der Waals surface area (Å²) in [5, 5.41) is 16.1. The molecule has 1 amide bonds. The molecule has 0 spiro atoms. The number of fused-ring (bicyclic) bond motifs is 1. The molecule has 0 aliphatic rings.